The number of nitrogens with zero attached hydrogens (tertiary/aromatic N) is 3. The first kappa shape index (κ1) is 18.8. The van der Waals surface area contributed by atoms with Gasteiger partial charge in [-0.2, -0.15) is 0 Å². The highest BCUT2D eigenvalue weighted by molar-refractivity contribution is 7.15. The summed E-state index contributed by atoms with van der Waals surface area (Å²) in [5.41, 5.74) is 2.88. The van der Waals surface area contributed by atoms with Crippen LogP contribution in [0.1, 0.15) is 35.3 Å². The van der Waals surface area contributed by atoms with E-state index >= 15 is 0 Å². The van der Waals surface area contributed by atoms with Gasteiger partial charge in [-0.3, -0.25) is 9.69 Å². The number of hydrogen-bond donors (Lipinski definition) is 1. The lowest BCUT2D eigenvalue weighted by atomic mass is 10.1. The Bertz CT molecular complexity index is 1010. The Morgan fingerprint density at radius 2 is 2.11 bits per heavy atom. The quantitative estimate of drug-likeness (QED) is 0.691. The molecule has 0 spiro atoms. The molecule has 3 aromatic rings. The van der Waals surface area contributed by atoms with Gasteiger partial charge in [-0.1, -0.05) is 6.92 Å². The first-order valence-electron chi connectivity index (χ1n) is 9.58. The fraction of sp³-hybridized carbons (Fsp3) is 0.381. The molecule has 0 bridgehead atoms. The Balaban J connectivity index is 1.46. The molecular weight excluding hydrogens is 372 g/mol. The van der Waals surface area contributed by atoms with Crippen LogP contribution in [-0.2, 0) is 25.9 Å². The highest BCUT2D eigenvalue weighted by atomic mass is 32.1. The van der Waals surface area contributed by atoms with Crippen molar-refractivity contribution < 1.29 is 4.74 Å². The summed E-state index contributed by atoms with van der Waals surface area (Å²) in [6, 6.07) is 7.95. The van der Waals surface area contributed by atoms with Crippen LogP contribution in [0.4, 0.5) is 0 Å². The van der Waals surface area contributed by atoms with Crippen LogP contribution >= 0.6 is 11.3 Å². The zero-order chi connectivity index (χ0) is 19.5. The van der Waals surface area contributed by atoms with Crippen LogP contribution in [0, 0.1) is 0 Å². The number of hydrogen-bond acceptors (Lipinski definition) is 6. The second-order valence-corrected chi connectivity index (χ2v) is 8.12. The summed E-state index contributed by atoms with van der Waals surface area (Å²) in [6.07, 6.45) is 4.56. The van der Waals surface area contributed by atoms with E-state index in [1.54, 1.807) is 18.4 Å². The average molecular weight is 397 g/mol. The zero-order valence-electron chi connectivity index (χ0n) is 16.2. The second kappa shape index (κ2) is 8.24. The molecule has 6 nitrogen and oxygen atoms in total. The maximum absolute atomic E-state index is 12.5. The van der Waals surface area contributed by atoms with Crippen LogP contribution in [0.5, 0.6) is 5.75 Å². The Kier molecular flexibility index (Phi) is 5.54. The van der Waals surface area contributed by atoms with Crippen LogP contribution in [-0.4, -0.2) is 33.5 Å². The molecule has 3 heterocycles. The van der Waals surface area contributed by atoms with Crippen molar-refractivity contribution in [3.63, 3.8) is 0 Å². The number of aromatic nitrogens is 3. The fourth-order valence-electron chi connectivity index (χ4n) is 3.49. The molecule has 1 N–H and O–H groups in total. The van der Waals surface area contributed by atoms with Gasteiger partial charge in [0.25, 0.3) is 5.56 Å². The molecule has 28 heavy (non-hydrogen) atoms. The van der Waals surface area contributed by atoms with E-state index in [0.717, 1.165) is 65.8 Å². The predicted octanol–water partition coefficient (Wildman–Crippen LogP) is 3.41. The first-order chi connectivity index (χ1) is 13.7. The number of ether oxygens (including phenoxy) is 1. The van der Waals surface area contributed by atoms with Crippen LogP contribution in [0.3, 0.4) is 0 Å². The molecule has 146 valence electrons. The Morgan fingerprint density at radius 3 is 2.86 bits per heavy atom. The normalized spacial score (nSPS) is 14.1. The third-order valence-electron chi connectivity index (χ3n) is 4.95. The molecule has 0 fully saturated rings. The number of methoxy groups -OCH3 is 1. The number of aromatic amines is 1. The van der Waals surface area contributed by atoms with E-state index in [4.69, 9.17) is 4.74 Å². The number of aryl methyl sites for hydroxylation is 1. The third kappa shape index (κ3) is 4.00. The molecular formula is C21H24N4O2S. The van der Waals surface area contributed by atoms with Crippen LogP contribution in [0.2, 0.25) is 0 Å². The van der Waals surface area contributed by atoms with Crippen molar-refractivity contribution in [3.8, 4) is 16.3 Å². The Hall–Kier alpha value is -2.51. The molecule has 1 aliphatic rings. The average Bonchev–Trinajstić information content (AvgIpc) is 3.17. The van der Waals surface area contributed by atoms with Crippen molar-refractivity contribution in [1.29, 1.82) is 0 Å². The monoisotopic (exact) mass is 396 g/mol. The highest BCUT2D eigenvalue weighted by Crippen LogP contribution is 2.28. The number of rotatable bonds is 6. The summed E-state index contributed by atoms with van der Waals surface area (Å²) >= 11 is 1.69. The third-order valence-corrected chi connectivity index (χ3v) is 5.98. The zero-order valence-corrected chi connectivity index (χ0v) is 17.0. The highest BCUT2D eigenvalue weighted by Gasteiger charge is 2.21. The molecule has 0 atom stereocenters. The predicted molar refractivity (Wildman–Crippen MR) is 111 cm³/mol. The van der Waals surface area contributed by atoms with Crippen molar-refractivity contribution >= 4 is 11.3 Å². The lowest BCUT2D eigenvalue weighted by Gasteiger charge is -2.27. The van der Waals surface area contributed by atoms with Gasteiger partial charge in [-0.25, -0.2) is 9.97 Å². The molecule has 0 unspecified atom stereocenters. The number of fused-ring (bicyclic) bond motifs is 1. The van der Waals surface area contributed by atoms with Crippen molar-refractivity contribution in [2.75, 3.05) is 13.7 Å². The SMILES string of the molecule is CCCc1nc2c(c(=O)[nH]1)CN(Cc1cnc(-c3ccc(OC)cc3)s1)CC2. The lowest BCUT2D eigenvalue weighted by Crippen LogP contribution is -2.35. The van der Waals surface area contributed by atoms with E-state index in [0.29, 0.717) is 6.54 Å². The van der Waals surface area contributed by atoms with Gasteiger partial charge in [-0.05, 0) is 30.7 Å². The summed E-state index contributed by atoms with van der Waals surface area (Å²) in [7, 11) is 1.67. The van der Waals surface area contributed by atoms with E-state index in [1.807, 2.05) is 30.5 Å². The van der Waals surface area contributed by atoms with Crippen molar-refractivity contribution in [2.24, 2.45) is 0 Å². The number of thiazole rings is 1. The molecule has 0 saturated heterocycles. The molecule has 0 saturated carbocycles. The van der Waals surface area contributed by atoms with Crippen molar-refractivity contribution in [2.45, 2.75) is 39.3 Å². The first-order valence-corrected chi connectivity index (χ1v) is 10.4. The van der Waals surface area contributed by atoms with Gasteiger partial charge >= 0.3 is 0 Å². The molecule has 1 aromatic carbocycles. The maximum Gasteiger partial charge on any atom is 0.255 e. The van der Waals surface area contributed by atoms with E-state index in [9.17, 15) is 4.79 Å². The maximum atomic E-state index is 12.5. The van der Waals surface area contributed by atoms with Crippen LogP contribution in [0.25, 0.3) is 10.6 Å². The minimum absolute atomic E-state index is 0.0152. The molecule has 2 aromatic heterocycles. The topological polar surface area (TPSA) is 71.1 Å². The molecule has 1 aliphatic heterocycles. The van der Waals surface area contributed by atoms with Gasteiger partial charge in [0.15, 0.2) is 0 Å². The van der Waals surface area contributed by atoms with Gasteiger partial charge in [0.2, 0.25) is 0 Å². The van der Waals surface area contributed by atoms with Gasteiger partial charge < -0.3 is 9.72 Å². The largest absolute Gasteiger partial charge is 0.497 e. The van der Waals surface area contributed by atoms with Crippen molar-refractivity contribution in [3.05, 3.63) is 62.8 Å². The number of H-pyrrole nitrogens is 1. The Labute approximate surface area is 168 Å². The summed E-state index contributed by atoms with van der Waals surface area (Å²) in [5.74, 6) is 1.65. The van der Waals surface area contributed by atoms with E-state index in [2.05, 4.69) is 26.8 Å². The molecule has 0 amide bonds. The van der Waals surface area contributed by atoms with Gasteiger partial charge in [0.1, 0.15) is 16.6 Å². The van der Waals surface area contributed by atoms with Gasteiger partial charge in [0.05, 0.1) is 18.4 Å². The van der Waals surface area contributed by atoms with Crippen LogP contribution < -0.4 is 10.3 Å². The summed E-state index contributed by atoms with van der Waals surface area (Å²) < 4.78 is 5.21. The van der Waals surface area contributed by atoms with Crippen LogP contribution in [0.15, 0.2) is 35.3 Å². The minimum Gasteiger partial charge on any atom is -0.497 e. The van der Waals surface area contributed by atoms with Gasteiger partial charge in [0, 0.05) is 49.1 Å². The standard InChI is InChI=1S/C21H24N4O2S/c1-3-4-19-23-18-9-10-25(13-17(18)20(26)24-19)12-16-11-22-21(28-16)14-5-7-15(27-2)8-6-14/h5-8,11H,3-4,9-10,12-13H2,1-2H3,(H,23,24,26). The van der Waals surface area contributed by atoms with E-state index in [-0.39, 0.29) is 5.56 Å². The summed E-state index contributed by atoms with van der Waals surface area (Å²) in [5, 5.41) is 0.999. The van der Waals surface area contributed by atoms with E-state index in [1.165, 1.54) is 4.88 Å². The second-order valence-electron chi connectivity index (χ2n) is 7.01. The minimum atomic E-state index is 0.0152. The smallest absolute Gasteiger partial charge is 0.255 e. The number of benzene rings is 1. The summed E-state index contributed by atoms with van der Waals surface area (Å²) in [4.78, 5) is 28.1. The number of nitrogens with one attached hydrogen (secondary N) is 1. The Morgan fingerprint density at radius 1 is 1.29 bits per heavy atom. The summed E-state index contributed by atoms with van der Waals surface area (Å²) in [6.45, 7) is 4.44. The lowest BCUT2D eigenvalue weighted by molar-refractivity contribution is 0.243. The fourth-order valence-corrected chi connectivity index (χ4v) is 4.45. The van der Waals surface area contributed by atoms with Crippen molar-refractivity contribution in [1.82, 2.24) is 19.9 Å². The van der Waals surface area contributed by atoms with Gasteiger partial charge in [-0.15, -0.1) is 11.3 Å². The molecule has 4 rings (SSSR count). The van der Waals surface area contributed by atoms with E-state index < -0.39 is 0 Å². The molecule has 0 radical (unpaired) electrons. The molecule has 7 heteroatoms. The molecule has 0 aliphatic carbocycles.